The smallest absolute Gasteiger partial charge is 0.180 e. The highest BCUT2D eigenvalue weighted by Crippen LogP contribution is 2.23. The highest BCUT2D eigenvalue weighted by molar-refractivity contribution is 14.1. The minimum Gasteiger partial charge on any atom is -0.293 e. The van der Waals surface area contributed by atoms with Crippen LogP contribution in [0.1, 0.15) is 10.4 Å². The van der Waals surface area contributed by atoms with Gasteiger partial charge in [0.25, 0.3) is 0 Å². The van der Waals surface area contributed by atoms with Crippen LogP contribution in [-0.4, -0.2) is 11.7 Å². The molecule has 0 aliphatic heterocycles. The van der Waals surface area contributed by atoms with Gasteiger partial charge in [0.2, 0.25) is 0 Å². The molecular formula is C8H4BrClFIO. The average Bonchev–Trinajstić information content (AvgIpc) is 2.10. The molecule has 0 aliphatic rings. The Morgan fingerprint density at radius 3 is 2.77 bits per heavy atom. The van der Waals surface area contributed by atoms with Crippen LogP contribution in [-0.2, 0) is 0 Å². The molecule has 5 heteroatoms. The Morgan fingerprint density at radius 2 is 2.23 bits per heavy atom. The van der Waals surface area contributed by atoms with Crippen LogP contribution in [0.3, 0.4) is 0 Å². The molecule has 1 aromatic carbocycles. The quantitative estimate of drug-likeness (QED) is 0.333. The van der Waals surface area contributed by atoms with Crippen molar-refractivity contribution in [3.8, 4) is 0 Å². The van der Waals surface area contributed by atoms with Crippen molar-refractivity contribution < 1.29 is 9.18 Å². The van der Waals surface area contributed by atoms with Crippen LogP contribution >= 0.6 is 50.1 Å². The van der Waals surface area contributed by atoms with Crippen molar-refractivity contribution in [1.29, 1.82) is 0 Å². The maximum Gasteiger partial charge on any atom is 0.180 e. The summed E-state index contributed by atoms with van der Waals surface area (Å²) in [6, 6.07) is 2.74. The summed E-state index contributed by atoms with van der Waals surface area (Å²) < 4.78 is 14.6. The van der Waals surface area contributed by atoms with Crippen molar-refractivity contribution in [2.24, 2.45) is 0 Å². The van der Waals surface area contributed by atoms with E-state index in [0.717, 1.165) is 3.57 Å². The van der Waals surface area contributed by atoms with Gasteiger partial charge in [0.1, 0.15) is 5.82 Å². The summed E-state index contributed by atoms with van der Waals surface area (Å²) in [5.74, 6) is -1.14. The van der Waals surface area contributed by atoms with Gasteiger partial charge < -0.3 is 0 Å². The van der Waals surface area contributed by atoms with Crippen LogP contribution in [0.15, 0.2) is 16.6 Å². The third kappa shape index (κ3) is 2.63. The van der Waals surface area contributed by atoms with Crippen molar-refractivity contribution in [1.82, 2.24) is 0 Å². The highest BCUT2D eigenvalue weighted by Gasteiger charge is 2.12. The molecule has 0 fully saturated rings. The van der Waals surface area contributed by atoms with Gasteiger partial charge in [0.15, 0.2) is 5.78 Å². The first kappa shape index (κ1) is 11.4. The lowest BCUT2D eigenvalue weighted by Gasteiger charge is -2.02. The zero-order valence-electron chi connectivity index (χ0n) is 6.28. The first-order chi connectivity index (χ1) is 6.06. The Labute approximate surface area is 102 Å². The molecule has 0 unspecified atom stereocenters. The van der Waals surface area contributed by atoms with E-state index in [2.05, 4.69) is 15.9 Å². The molecule has 1 rings (SSSR count). The van der Waals surface area contributed by atoms with Crippen LogP contribution in [0.25, 0.3) is 0 Å². The number of ketones is 1. The van der Waals surface area contributed by atoms with E-state index in [9.17, 15) is 9.18 Å². The van der Waals surface area contributed by atoms with Gasteiger partial charge in [0.05, 0.1) is 11.4 Å². The highest BCUT2D eigenvalue weighted by atomic mass is 127. The summed E-state index contributed by atoms with van der Waals surface area (Å²) in [5, 5.41) is 0. The monoisotopic (exact) mass is 376 g/mol. The first-order valence-corrected chi connectivity index (χ1v) is 5.70. The summed E-state index contributed by atoms with van der Waals surface area (Å²) in [5.41, 5.74) is 0.0441. The second kappa shape index (κ2) is 4.70. The van der Waals surface area contributed by atoms with E-state index in [1.54, 1.807) is 0 Å². The van der Waals surface area contributed by atoms with Gasteiger partial charge in [0, 0.05) is 8.04 Å². The Kier molecular flexibility index (Phi) is 4.12. The van der Waals surface area contributed by atoms with Crippen LogP contribution in [0, 0.1) is 9.39 Å². The Balaban J connectivity index is 3.23. The molecular weight excluding hydrogens is 373 g/mol. The number of hydrogen-bond donors (Lipinski definition) is 0. The number of halogens is 4. The molecule has 0 heterocycles. The lowest BCUT2D eigenvalue weighted by Crippen LogP contribution is -2.04. The second-order valence-corrected chi connectivity index (χ2v) is 4.59. The molecule has 0 bridgehead atoms. The summed E-state index contributed by atoms with van der Waals surface area (Å²) in [6.45, 7) is 0. The van der Waals surface area contributed by atoms with E-state index < -0.39 is 11.6 Å². The number of hydrogen-bond acceptors (Lipinski definition) is 1. The van der Waals surface area contributed by atoms with Crippen molar-refractivity contribution >= 4 is 55.9 Å². The molecule has 0 amide bonds. The summed E-state index contributed by atoms with van der Waals surface area (Å²) in [6.07, 6.45) is 0. The largest absolute Gasteiger partial charge is 0.293 e. The SMILES string of the molecule is O=C(CCl)c1cc(I)c(Br)cc1F. The van der Waals surface area contributed by atoms with Crippen LogP contribution in [0.2, 0.25) is 0 Å². The molecule has 0 atom stereocenters. The van der Waals surface area contributed by atoms with Gasteiger partial charge in [-0.25, -0.2) is 4.39 Å². The zero-order chi connectivity index (χ0) is 10.0. The third-order valence-corrected chi connectivity index (χ3v) is 3.96. The number of benzene rings is 1. The first-order valence-electron chi connectivity index (χ1n) is 3.30. The average molecular weight is 377 g/mol. The van der Waals surface area contributed by atoms with Crippen molar-refractivity contribution in [2.45, 2.75) is 0 Å². The van der Waals surface area contributed by atoms with E-state index >= 15 is 0 Å². The minimum atomic E-state index is -0.544. The zero-order valence-corrected chi connectivity index (χ0v) is 10.8. The molecule has 13 heavy (non-hydrogen) atoms. The molecule has 0 saturated carbocycles. The van der Waals surface area contributed by atoms with Gasteiger partial charge in [-0.05, 0) is 50.7 Å². The van der Waals surface area contributed by atoms with Crippen LogP contribution in [0.4, 0.5) is 4.39 Å². The van der Waals surface area contributed by atoms with E-state index in [1.807, 2.05) is 22.6 Å². The minimum absolute atomic E-state index is 0.0441. The Hall–Kier alpha value is 0.320. The number of carbonyl (C=O) groups is 1. The van der Waals surface area contributed by atoms with Gasteiger partial charge >= 0.3 is 0 Å². The summed E-state index contributed by atoms with van der Waals surface area (Å²) in [4.78, 5) is 11.1. The molecule has 70 valence electrons. The van der Waals surface area contributed by atoms with Gasteiger partial charge in [-0.1, -0.05) is 0 Å². The maximum absolute atomic E-state index is 13.2. The predicted octanol–water partition coefficient (Wildman–Crippen LogP) is 3.61. The molecule has 0 spiro atoms. The van der Waals surface area contributed by atoms with Gasteiger partial charge in [-0.15, -0.1) is 11.6 Å². The number of alkyl halides is 1. The molecule has 1 nitrogen and oxygen atoms in total. The van der Waals surface area contributed by atoms with Crippen molar-refractivity contribution in [2.75, 3.05) is 5.88 Å². The van der Waals surface area contributed by atoms with E-state index in [4.69, 9.17) is 11.6 Å². The number of rotatable bonds is 2. The number of Topliss-reactive ketones (excluding diaryl/α,β-unsaturated/α-hetero) is 1. The molecule has 0 N–H and O–H groups in total. The standard InChI is InChI=1S/C8H4BrClFIO/c9-5-2-6(11)4(1-7(5)12)8(13)3-10/h1-2H,3H2. The Bertz CT molecular complexity index is 356. The topological polar surface area (TPSA) is 17.1 Å². The van der Waals surface area contributed by atoms with Crippen molar-refractivity contribution in [3.63, 3.8) is 0 Å². The Morgan fingerprint density at radius 1 is 1.62 bits per heavy atom. The summed E-state index contributed by atoms with van der Waals surface area (Å²) in [7, 11) is 0. The van der Waals surface area contributed by atoms with Crippen molar-refractivity contribution in [3.05, 3.63) is 31.6 Å². The van der Waals surface area contributed by atoms with Crippen LogP contribution in [0.5, 0.6) is 0 Å². The maximum atomic E-state index is 13.2. The fourth-order valence-electron chi connectivity index (χ4n) is 0.808. The van der Waals surface area contributed by atoms with Gasteiger partial charge in [-0.3, -0.25) is 4.79 Å². The lowest BCUT2D eigenvalue weighted by atomic mass is 10.1. The molecule has 0 aliphatic carbocycles. The van der Waals surface area contributed by atoms with E-state index in [1.165, 1.54) is 12.1 Å². The predicted molar refractivity (Wildman–Crippen MR) is 61.9 cm³/mol. The van der Waals surface area contributed by atoms with E-state index in [0.29, 0.717) is 4.47 Å². The fourth-order valence-corrected chi connectivity index (χ4v) is 1.73. The van der Waals surface area contributed by atoms with Crippen LogP contribution < -0.4 is 0 Å². The number of carbonyl (C=O) groups excluding carboxylic acids is 1. The molecule has 0 saturated heterocycles. The molecule has 1 aromatic rings. The molecule has 0 aromatic heterocycles. The third-order valence-electron chi connectivity index (χ3n) is 1.43. The van der Waals surface area contributed by atoms with Gasteiger partial charge in [-0.2, -0.15) is 0 Å². The second-order valence-electron chi connectivity index (χ2n) is 2.30. The normalized spacial score (nSPS) is 10.2. The lowest BCUT2D eigenvalue weighted by molar-refractivity contribution is 0.101. The van der Waals surface area contributed by atoms with E-state index in [-0.39, 0.29) is 11.4 Å². The summed E-state index contributed by atoms with van der Waals surface area (Å²) >= 11 is 10.5. The molecule has 0 radical (unpaired) electrons. The fraction of sp³-hybridized carbons (Fsp3) is 0.125.